The van der Waals surface area contributed by atoms with E-state index in [9.17, 15) is 14.9 Å². The smallest absolute Gasteiger partial charge is 0.335 e. The largest absolute Gasteiger partial charge is 0.484 e. The molecular formula is C12H13NO6. The molecule has 1 heterocycles. The highest BCUT2D eigenvalue weighted by Crippen LogP contribution is 2.28. The third kappa shape index (κ3) is 3.19. The molecule has 0 amide bonds. The fourth-order valence-corrected chi connectivity index (χ4v) is 1.87. The Morgan fingerprint density at radius 1 is 1.58 bits per heavy atom. The second-order valence-corrected chi connectivity index (χ2v) is 4.19. The van der Waals surface area contributed by atoms with Crippen molar-refractivity contribution in [3.63, 3.8) is 0 Å². The van der Waals surface area contributed by atoms with Gasteiger partial charge >= 0.3 is 11.7 Å². The summed E-state index contributed by atoms with van der Waals surface area (Å²) in [5.41, 5.74) is -0.295. The predicted octanol–water partition coefficient (Wildman–Crippen LogP) is 1.85. The van der Waals surface area contributed by atoms with Gasteiger partial charge in [-0.25, -0.2) is 4.79 Å². The summed E-state index contributed by atoms with van der Waals surface area (Å²) in [7, 11) is 0. The lowest BCUT2D eigenvalue weighted by Crippen LogP contribution is -2.17. The van der Waals surface area contributed by atoms with E-state index in [1.165, 1.54) is 6.07 Å². The number of rotatable bonds is 5. The maximum absolute atomic E-state index is 10.8. The van der Waals surface area contributed by atoms with Gasteiger partial charge in [0.15, 0.2) is 5.75 Å². The van der Waals surface area contributed by atoms with Gasteiger partial charge in [-0.3, -0.25) is 10.1 Å². The van der Waals surface area contributed by atoms with E-state index in [1.54, 1.807) is 0 Å². The second kappa shape index (κ2) is 5.66. The van der Waals surface area contributed by atoms with Gasteiger partial charge in [0, 0.05) is 18.7 Å². The topological polar surface area (TPSA) is 98.9 Å². The Morgan fingerprint density at radius 3 is 2.95 bits per heavy atom. The van der Waals surface area contributed by atoms with E-state index < -0.39 is 10.9 Å². The highest BCUT2D eigenvalue weighted by atomic mass is 16.6. The van der Waals surface area contributed by atoms with Gasteiger partial charge in [0.25, 0.3) is 0 Å². The van der Waals surface area contributed by atoms with Gasteiger partial charge < -0.3 is 14.6 Å². The minimum Gasteiger partial charge on any atom is -0.484 e. The SMILES string of the molecule is O=C(O)c1ccc([N+](=O)[O-])c(OCC2CCCO2)c1. The summed E-state index contributed by atoms with van der Waals surface area (Å²) in [6.45, 7) is 0.842. The minimum atomic E-state index is -1.16. The van der Waals surface area contributed by atoms with Gasteiger partial charge in [0.2, 0.25) is 0 Å². The predicted molar refractivity (Wildman–Crippen MR) is 64.5 cm³/mol. The van der Waals surface area contributed by atoms with Gasteiger partial charge in [-0.15, -0.1) is 0 Å². The highest BCUT2D eigenvalue weighted by molar-refractivity contribution is 5.88. The summed E-state index contributed by atoms with van der Waals surface area (Å²) < 4.78 is 10.7. The fraction of sp³-hybridized carbons (Fsp3) is 0.417. The van der Waals surface area contributed by atoms with Gasteiger partial charge in [0.1, 0.15) is 6.61 Å². The molecule has 102 valence electrons. The van der Waals surface area contributed by atoms with Gasteiger partial charge in [-0.05, 0) is 18.9 Å². The number of hydrogen-bond acceptors (Lipinski definition) is 5. The van der Waals surface area contributed by atoms with Crippen LogP contribution in [0.15, 0.2) is 18.2 Å². The molecule has 1 N–H and O–H groups in total. The first-order valence-electron chi connectivity index (χ1n) is 5.84. The zero-order chi connectivity index (χ0) is 13.8. The summed E-state index contributed by atoms with van der Waals surface area (Å²) >= 11 is 0. The molecule has 2 rings (SSSR count). The first-order valence-corrected chi connectivity index (χ1v) is 5.84. The van der Waals surface area contributed by atoms with Crippen molar-refractivity contribution in [2.75, 3.05) is 13.2 Å². The molecule has 7 heteroatoms. The molecule has 0 spiro atoms. The summed E-state index contributed by atoms with van der Waals surface area (Å²) in [6.07, 6.45) is 1.69. The molecule has 7 nitrogen and oxygen atoms in total. The van der Waals surface area contributed by atoms with Crippen molar-refractivity contribution >= 4 is 11.7 Å². The number of nitrogens with zero attached hydrogens (tertiary/aromatic N) is 1. The van der Waals surface area contributed by atoms with Crippen molar-refractivity contribution in [1.29, 1.82) is 0 Å². The Morgan fingerprint density at radius 2 is 2.37 bits per heavy atom. The van der Waals surface area contributed by atoms with Gasteiger partial charge in [-0.2, -0.15) is 0 Å². The number of hydrogen-bond donors (Lipinski definition) is 1. The lowest BCUT2D eigenvalue weighted by molar-refractivity contribution is -0.385. The van der Waals surface area contributed by atoms with Crippen LogP contribution >= 0.6 is 0 Å². The van der Waals surface area contributed by atoms with Crippen LogP contribution in [0.25, 0.3) is 0 Å². The van der Waals surface area contributed by atoms with E-state index in [4.69, 9.17) is 14.6 Å². The van der Waals surface area contributed by atoms with Crippen LogP contribution in [0.1, 0.15) is 23.2 Å². The lowest BCUT2D eigenvalue weighted by Gasteiger charge is -2.11. The van der Waals surface area contributed by atoms with Crippen molar-refractivity contribution in [2.24, 2.45) is 0 Å². The molecule has 0 aliphatic carbocycles. The normalized spacial score (nSPS) is 18.2. The summed E-state index contributed by atoms with van der Waals surface area (Å²) in [5, 5.41) is 19.7. The molecule has 1 atom stereocenters. The molecule has 1 fully saturated rings. The Labute approximate surface area is 108 Å². The van der Waals surface area contributed by atoms with Crippen molar-refractivity contribution in [3.05, 3.63) is 33.9 Å². The monoisotopic (exact) mass is 267 g/mol. The van der Waals surface area contributed by atoms with Crippen LogP contribution in [0.4, 0.5) is 5.69 Å². The Kier molecular flexibility index (Phi) is 3.96. The quantitative estimate of drug-likeness (QED) is 0.645. The second-order valence-electron chi connectivity index (χ2n) is 4.19. The van der Waals surface area contributed by atoms with Crippen LogP contribution in [-0.2, 0) is 4.74 Å². The zero-order valence-corrected chi connectivity index (χ0v) is 10.1. The molecule has 0 saturated carbocycles. The van der Waals surface area contributed by atoms with E-state index in [0.717, 1.165) is 25.0 Å². The van der Waals surface area contributed by atoms with Crippen molar-refractivity contribution in [1.82, 2.24) is 0 Å². The number of ether oxygens (including phenoxy) is 2. The first kappa shape index (κ1) is 13.3. The highest BCUT2D eigenvalue weighted by Gasteiger charge is 2.21. The van der Waals surface area contributed by atoms with E-state index in [2.05, 4.69) is 0 Å². The van der Waals surface area contributed by atoms with Gasteiger partial charge in [0.05, 0.1) is 16.6 Å². The first-order chi connectivity index (χ1) is 9.08. The maximum atomic E-state index is 10.8. The lowest BCUT2D eigenvalue weighted by atomic mass is 10.2. The fourth-order valence-electron chi connectivity index (χ4n) is 1.87. The van der Waals surface area contributed by atoms with Crippen LogP contribution in [0.2, 0.25) is 0 Å². The van der Waals surface area contributed by atoms with Crippen LogP contribution < -0.4 is 4.74 Å². The molecule has 1 aliphatic rings. The molecule has 1 aliphatic heterocycles. The Hall–Kier alpha value is -2.15. The molecular weight excluding hydrogens is 254 g/mol. The molecule has 19 heavy (non-hydrogen) atoms. The number of nitro benzene ring substituents is 1. The van der Waals surface area contributed by atoms with E-state index in [1.807, 2.05) is 0 Å². The van der Waals surface area contributed by atoms with Crippen molar-refractivity contribution in [2.45, 2.75) is 18.9 Å². The van der Waals surface area contributed by atoms with Crippen molar-refractivity contribution < 1.29 is 24.3 Å². The Bertz CT molecular complexity index is 495. The molecule has 0 radical (unpaired) electrons. The van der Waals surface area contributed by atoms with Crippen molar-refractivity contribution in [3.8, 4) is 5.75 Å². The zero-order valence-electron chi connectivity index (χ0n) is 10.1. The Balaban J connectivity index is 2.16. The molecule has 0 bridgehead atoms. The number of carboxylic acid groups (broad SMARTS) is 1. The summed E-state index contributed by atoms with van der Waals surface area (Å²) in [5.74, 6) is -1.20. The molecule has 1 unspecified atom stereocenters. The maximum Gasteiger partial charge on any atom is 0.335 e. The number of nitro groups is 1. The molecule has 1 aromatic carbocycles. The average molecular weight is 267 g/mol. The third-order valence-electron chi connectivity index (χ3n) is 2.85. The standard InChI is InChI=1S/C12H13NO6/c14-12(15)8-3-4-10(13(16)17)11(6-8)19-7-9-2-1-5-18-9/h3-4,6,9H,1-2,5,7H2,(H,14,15). The van der Waals surface area contributed by atoms with Crippen LogP contribution in [0, 0.1) is 10.1 Å². The van der Waals surface area contributed by atoms with E-state index in [0.29, 0.717) is 6.61 Å². The van der Waals surface area contributed by atoms with E-state index >= 15 is 0 Å². The number of benzene rings is 1. The van der Waals surface area contributed by atoms with Crippen LogP contribution in [0.5, 0.6) is 5.75 Å². The number of aromatic carboxylic acids is 1. The van der Waals surface area contributed by atoms with E-state index in [-0.39, 0.29) is 29.7 Å². The number of carboxylic acids is 1. The summed E-state index contributed by atoms with van der Waals surface area (Å²) in [4.78, 5) is 21.1. The number of carbonyl (C=O) groups is 1. The minimum absolute atomic E-state index is 0.0413. The van der Waals surface area contributed by atoms with Gasteiger partial charge in [-0.1, -0.05) is 0 Å². The van der Waals surface area contributed by atoms with Crippen LogP contribution in [0.3, 0.4) is 0 Å². The summed E-state index contributed by atoms with van der Waals surface area (Å²) in [6, 6.07) is 3.48. The molecule has 1 saturated heterocycles. The molecule has 1 aromatic rings. The van der Waals surface area contributed by atoms with Crippen LogP contribution in [-0.4, -0.2) is 35.3 Å². The average Bonchev–Trinajstić information content (AvgIpc) is 2.88. The third-order valence-corrected chi connectivity index (χ3v) is 2.85. The molecule has 0 aromatic heterocycles.